The Labute approximate surface area is 114 Å². The maximum absolute atomic E-state index is 11.8. The van der Waals surface area contributed by atoms with Gasteiger partial charge in [-0.15, -0.1) is 0 Å². The van der Waals surface area contributed by atoms with Gasteiger partial charge >= 0.3 is 0 Å². The summed E-state index contributed by atoms with van der Waals surface area (Å²) in [7, 11) is 1.62. The zero-order chi connectivity index (χ0) is 13.4. The van der Waals surface area contributed by atoms with Crippen molar-refractivity contribution in [2.24, 2.45) is 5.73 Å². The molecule has 0 aromatic rings. The van der Waals surface area contributed by atoms with Crippen LogP contribution in [0.25, 0.3) is 0 Å². The molecule has 4 nitrogen and oxygen atoms in total. The highest BCUT2D eigenvalue weighted by atomic mass is 32.2. The number of carbonyl (C=O) groups excluding carboxylic acids is 1. The Bertz CT molecular complexity index is 255. The normalized spacial score (nSPS) is 20.4. The number of ether oxygens (including phenoxy) is 1. The van der Waals surface area contributed by atoms with Gasteiger partial charge in [0.25, 0.3) is 0 Å². The van der Waals surface area contributed by atoms with Crippen molar-refractivity contribution in [3.8, 4) is 0 Å². The second kappa shape index (κ2) is 8.02. The zero-order valence-corrected chi connectivity index (χ0v) is 12.4. The molecule has 0 aromatic carbocycles. The summed E-state index contributed by atoms with van der Waals surface area (Å²) in [6.07, 6.45) is 8.98. The molecule has 1 aliphatic rings. The average molecular weight is 274 g/mol. The second-order valence-electron chi connectivity index (χ2n) is 5.05. The Balaban J connectivity index is 2.35. The van der Waals surface area contributed by atoms with Crippen LogP contribution in [-0.2, 0) is 9.53 Å². The number of carbonyl (C=O) groups is 1. The van der Waals surface area contributed by atoms with E-state index < -0.39 is 6.04 Å². The maximum Gasteiger partial charge on any atom is 0.237 e. The average Bonchev–Trinajstić information content (AvgIpc) is 2.43. The summed E-state index contributed by atoms with van der Waals surface area (Å²) in [5, 5.41) is 3.01. The molecule has 0 saturated heterocycles. The van der Waals surface area contributed by atoms with Gasteiger partial charge in [-0.1, -0.05) is 19.3 Å². The van der Waals surface area contributed by atoms with Gasteiger partial charge in [0.15, 0.2) is 0 Å². The van der Waals surface area contributed by atoms with Gasteiger partial charge in [0.2, 0.25) is 5.91 Å². The monoisotopic (exact) mass is 274 g/mol. The van der Waals surface area contributed by atoms with Crippen molar-refractivity contribution in [3.05, 3.63) is 0 Å². The molecule has 3 N–H and O–H groups in total. The third-order valence-corrected chi connectivity index (χ3v) is 5.17. The van der Waals surface area contributed by atoms with E-state index in [0.29, 0.717) is 13.0 Å². The van der Waals surface area contributed by atoms with Crippen LogP contribution in [-0.4, -0.2) is 43.2 Å². The van der Waals surface area contributed by atoms with Gasteiger partial charge in [0.05, 0.1) is 6.04 Å². The van der Waals surface area contributed by atoms with E-state index in [2.05, 4.69) is 11.6 Å². The molecule has 1 unspecified atom stereocenters. The molecule has 18 heavy (non-hydrogen) atoms. The first-order chi connectivity index (χ1) is 8.63. The number of amides is 1. The number of nitrogens with one attached hydrogen (secondary N) is 1. The standard InChI is InChI=1S/C13H26N2O2S/c1-17-9-6-11(14)12(16)15-10-13(18-2)7-4-3-5-8-13/h11H,3-10,14H2,1-2H3,(H,15,16). The molecule has 1 saturated carbocycles. The van der Waals surface area contributed by atoms with E-state index in [9.17, 15) is 4.79 Å². The Kier molecular flexibility index (Phi) is 7.04. The first kappa shape index (κ1) is 15.8. The van der Waals surface area contributed by atoms with E-state index in [0.717, 1.165) is 6.54 Å². The quantitative estimate of drug-likeness (QED) is 0.739. The molecule has 1 fully saturated rings. The van der Waals surface area contributed by atoms with Crippen LogP contribution in [0, 0.1) is 0 Å². The zero-order valence-electron chi connectivity index (χ0n) is 11.5. The summed E-state index contributed by atoms with van der Waals surface area (Å²) in [5.74, 6) is -0.0500. The van der Waals surface area contributed by atoms with Crippen LogP contribution in [0.3, 0.4) is 0 Å². The minimum absolute atomic E-state index is 0.0500. The topological polar surface area (TPSA) is 64.3 Å². The Morgan fingerprint density at radius 2 is 2.11 bits per heavy atom. The fourth-order valence-corrected chi connectivity index (χ4v) is 3.32. The van der Waals surface area contributed by atoms with Gasteiger partial charge in [-0.2, -0.15) is 11.8 Å². The lowest BCUT2D eigenvalue weighted by atomic mass is 9.88. The molecule has 1 amide bonds. The highest BCUT2D eigenvalue weighted by Gasteiger charge is 2.31. The molecule has 1 rings (SSSR count). The van der Waals surface area contributed by atoms with Gasteiger partial charge in [0.1, 0.15) is 0 Å². The lowest BCUT2D eigenvalue weighted by Crippen LogP contribution is -2.47. The summed E-state index contributed by atoms with van der Waals surface area (Å²) in [5.41, 5.74) is 5.80. The number of thioether (sulfide) groups is 1. The lowest BCUT2D eigenvalue weighted by Gasteiger charge is -2.36. The third kappa shape index (κ3) is 4.78. The van der Waals surface area contributed by atoms with Crippen LogP contribution in [0.15, 0.2) is 0 Å². The Hall–Kier alpha value is -0.260. The minimum Gasteiger partial charge on any atom is -0.385 e. The maximum atomic E-state index is 11.8. The molecule has 0 spiro atoms. The van der Waals surface area contributed by atoms with E-state index in [1.165, 1.54) is 32.1 Å². The predicted octanol–water partition coefficient (Wildman–Crippen LogP) is 1.53. The SMILES string of the molecule is COCCC(N)C(=O)NCC1(SC)CCCCC1. The van der Waals surface area contributed by atoms with Gasteiger partial charge in [0, 0.05) is 25.0 Å². The number of nitrogens with two attached hydrogens (primary N) is 1. The molecular weight excluding hydrogens is 248 g/mol. The number of hydrogen-bond acceptors (Lipinski definition) is 4. The third-order valence-electron chi connectivity index (χ3n) is 3.75. The number of rotatable bonds is 7. The van der Waals surface area contributed by atoms with Crippen molar-refractivity contribution >= 4 is 17.7 Å². The number of hydrogen-bond donors (Lipinski definition) is 2. The van der Waals surface area contributed by atoms with Crippen molar-refractivity contribution in [3.63, 3.8) is 0 Å². The summed E-state index contributed by atoms with van der Waals surface area (Å²) >= 11 is 1.88. The van der Waals surface area contributed by atoms with E-state index in [4.69, 9.17) is 10.5 Å². The lowest BCUT2D eigenvalue weighted by molar-refractivity contribution is -0.122. The Morgan fingerprint density at radius 1 is 1.44 bits per heavy atom. The highest BCUT2D eigenvalue weighted by Crippen LogP contribution is 2.37. The van der Waals surface area contributed by atoms with Crippen LogP contribution >= 0.6 is 11.8 Å². The predicted molar refractivity (Wildman–Crippen MR) is 76.8 cm³/mol. The molecule has 0 aromatic heterocycles. The highest BCUT2D eigenvalue weighted by molar-refractivity contribution is 8.00. The summed E-state index contributed by atoms with van der Waals surface area (Å²) in [4.78, 5) is 11.8. The van der Waals surface area contributed by atoms with Crippen molar-refractivity contribution in [2.75, 3.05) is 26.5 Å². The molecule has 0 bridgehead atoms. The molecule has 0 heterocycles. The van der Waals surface area contributed by atoms with Gasteiger partial charge < -0.3 is 15.8 Å². The summed E-state index contributed by atoms with van der Waals surface area (Å²) in [6.45, 7) is 1.27. The molecule has 0 radical (unpaired) electrons. The fraction of sp³-hybridized carbons (Fsp3) is 0.923. The first-order valence-electron chi connectivity index (χ1n) is 6.71. The molecule has 1 aliphatic carbocycles. The largest absolute Gasteiger partial charge is 0.385 e. The van der Waals surface area contributed by atoms with Crippen molar-refractivity contribution < 1.29 is 9.53 Å². The molecule has 1 atom stereocenters. The van der Waals surface area contributed by atoms with Gasteiger partial charge in [-0.3, -0.25) is 4.79 Å². The Morgan fingerprint density at radius 3 is 2.67 bits per heavy atom. The van der Waals surface area contributed by atoms with E-state index in [1.807, 2.05) is 11.8 Å². The summed E-state index contributed by atoms with van der Waals surface area (Å²) < 4.78 is 5.17. The second-order valence-corrected chi connectivity index (χ2v) is 6.33. The fourth-order valence-electron chi connectivity index (χ4n) is 2.40. The van der Waals surface area contributed by atoms with Gasteiger partial charge in [-0.05, 0) is 25.5 Å². The van der Waals surface area contributed by atoms with Gasteiger partial charge in [-0.25, -0.2) is 0 Å². The van der Waals surface area contributed by atoms with E-state index >= 15 is 0 Å². The van der Waals surface area contributed by atoms with Crippen molar-refractivity contribution in [1.29, 1.82) is 0 Å². The van der Waals surface area contributed by atoms with E-state index in [-0.39, 0.29) is 10.7 Å². The first-order valence-corrected chi connectivity index (χ1v) is 7.93. The summed E-state index contributed by atoms with van der Waals surface area (Å²) in [6, 6.07) is -0.451. The van der Waals surface area contributed by atoms with Crippen LogP contribution in [0.1, 0.15) is 38.5 Å². The van der Waals surface area contributed by atoms with Crippen LogP contribution in [0.4, 0.5) is 0 Å². The molecule has 106 valence electrons. The molecule has 5 heteroatoms. The van der Waals surface area contributed by atoms with Crippen LogP contribution in [0.2, 0.25) is 0 Å². The minimum atomic E-state index is -0.451. The van der Waals surface area contributed by atoms with E-state index in [1.54, 1.807) is 7.11 Å². The number of methoxy groups -OCH3 is 1. The molecular formula is C13H26N2O2S. The smallest absolute Gasteiger partial charge is 0.237 e. The van der Waals surface area contributed by atoms with Crippen LogP contribution < -0.4 is 11.1 Å². The van der Waals surface area contributed by atoms with Crippen LogP contribution in [0.5, 0.6) is 0 Å². The van der Waals surface area contributed by atoms with Crippen molar-refractivity contribution in [1.82, 2.24) is 5.32 Å². The van der Waals surface area contributed by atoms with Crippen molar-refractivity contribution in [2.45, 2.75) is 49.3 Å². The molecule has 0 aliphatic heterocycles.